The molecule has 2 rings (SSSR count). The van der Waals surface area contributed by atoms with Gasteiger partial charge < -0.3 is 9.73 Å². The van der Waals surface area contributed by atoms with Crippen LogP contribution in [0, 0.1) is 20.8 Å². The summed E-state index contributed by atoms with van der Waals surface area (Å²) in [6.45, 7) is 9.28. The monoisotopic (exact) mass is 264 g/mol. The van der Waals surface area contributed by atoms with Crippen molar-refractivity contribution >= 4 is 11.3 Å². The molecule has 2 heterocycles. The number of thiazole rings is 1. The maximum absolute atomic E-state index is 5.40. The summed E-state index contributed by atoms with van der Waals surface area (Å²) in [6.07, 6.45) is 2.68. The summed E-state index contributed by atoms with van der Waals surface area (Å²) < 4.78 is 5.40. The molecule has 18 heavy (non-hydrogen) atoms. The van der Waals surface area contributed by atoms with E-state index in [9.17, 15) is 0 Å². The Bertz CT molecular complexity index is 496. The van der Waals surface area contributed by atoms with Crippen molar-refractivity contribution in [3.05, 3.63) is 39.2 Å². The van der Waals surface area contributed by atoms with Gasteiger partial charge in [-0.15, -0.1) is 11.3 Å². The molecule has 98 valence electrons. The van der Waals surface area contributed by atoms with Crippen LogP contribution in [-0.4, -0.2) is 11.5 Å². The molecule has 2 aromatic heterocycles. The molecule has 0 radical (unpaired) electrons. The zero-order chi connectivity index (χ0) is 13.1. The summed E-state index contributed by atoms with van der Waals surface area (Å²) in [5, 5.41) is 4.70. The Balaban J connectivity index is 2.19. The molecule has 0 fully saturated rings. The van der Waals surface area contributed by atoms with Gasteiger partial charge in [0.25, 0.3) is 0 Å². The lowest BCUT2D eigenvalue weighted by molar-refractivity contribution is 0.501. The Labute approximate surface area is 112 Å². The van der Waals surface area contributed by atoms with Crippen molar-refractivity contribution in [1.82, 2.24) is 10.3 Å². The van der Waals surface area contributed by atoms with Crippen LogP contribution in [0.25, 0.3) is 0 Å². The van der Waals surface area contributed by atoms with Gasteiger partial charge in [0.1, 0.15) is 5.76 Å². The summed E-state index contributed by atoms with van der Waals surface area (Å²) in [5.41, 5.74) is 2.39. The van der Waals surface area contributed by atoms with E-state index in [1.165, 1.54) is 15.4 Å². The number of nitrogens with one attached hydrogen (secondary N) is 1. The summed E-state index contributed by atoms with van der Waals surface area (Å²) in [4.78, 5) is 5.93. The molecule has 1 unspecified atom stereocenters. The zero-order valence-electron chi connectivity index (χ0n) is 11.4. The first-order valence-electron chi connectivity index (χ1n) is 6.32. The molecule has 0 amide bonds. The van der Waals surface area contributed by atoms with Crippen LogP contribution in [0.4, 0.5) is 0 Å². The Morgan fingerprint density at radius 3 is 2.67 bits per heavy atom. The quantitative estimate of drug-likeness (QED) is 0.897. The smallest absolute Gasteiger partial charge is 0.105 e. The fraction of sp³-hybridized carbons (Fsp3) is 0.500. The second-order valence-corrected chi connectivity index (χ2v) is 5.78. The predicted molar refractivity (Wildman–Crippen MR) is 75.2 cm³/mol. The molecule has 0 aromatic carbocycles. The largest absolute Gasteiger partial charge is 0.469 e. The number of hydrogen-bond donors (Lipinski definition) is 1. The minimum absolute atomic E-state index is 0.290. The average Bonchev–Trinajstić information content (AvgIpc) is 2.86. The first kappa shape index (κ1) is 13.3. The van der Waals surface area contributed by atoms with Crippen LogP contribution in [0.1, 0.15) is 39.9 Å². The van der Waals surface area contributed by atoms with E-state index in [0.717, 1.165) is 24.4 Å². The van der Waals surface area contributed by atoms with Crippen LogP contribution in [-0.2, 0) is 6.42 Å². The maximum Gasteiger partial charge on any atom is 0.105 e. The van der Waals surface area contributed by atoms with E-state index in [1.807, 2.05) is 6.92 Å². The number of rotatable bonds is 5. The lowest BCUT2D eigenvalue weighted by Crippen LogP contribution is -2.23. The Morgan fingerprint density at radius 2 is 2.17 bits per heavy atom. The molecule has 0 bridgehead atoms. The second-order valence-electron chi connectivity index (χ2n) is 4.50. The number of aryl methyl sites for hydroxylation is 3. The number of hydrogen-bond acceptors (Lipinski definition) is 4. The van der Waals surface area contributed by atoms with Gasteiger partial charge in [-0.25, -0.2) is 4.98 Å². The van der Waals surface area contributed by atoms with Crippen molar-refractivity contribution in [3.63, 3.8) is 0 Å². The Morgan fingerprint density at radius 1 is 1.39 bits per heavy atom. The second kappa shape index (κ2) is 5.67. The van der Waals surface area contributed by atoms with Crippen LogP contribution in [0.5, 0.6) is 0 Å². The highest BCUT2D eigenvalue weighted by atomic mass is 32.1. The van der Waals surface area contributed by atoms with Crippen molar-refractivity contribution in [1.29, 1.82) is 0 Å². The van der Waals surface area contributed by atoms with Crippen LogP contribution in [0.15, 0.2) is 16.7 Å². The van der Waals surface area contributed by atoms with E-state index in [2.05, 4.69) is 37.1 Å². The SMILES string of the molecule is CCNC(Cc1nc(C)c(C)s1)c1ccoc1C. The fourth-order valence-electron chi connectivity index (χ4n) is 2.10. The van der Waals surface area contributed by atoms with Gasteiger partial charge in [-0.1, -0.05) is 6.92 Å². The lowest BCUT2D eigenvalue weighted by atomic mass is 10.1. The number of likely N-dealkylation sites (N-methyl/N-ethyl adjacent to an activating group) is 1. The predicted octanol–water partition coefficient (Wildman–Crippen LogP) is 3.55. The van der Waals surface area contributed by atoms with E-state index < -0.39 is 0 Å². The molecule has 1 atom stereocenters. The summed E-state index contributed by atoms with van der Waals surface area (Å²) >= 11 is 1.79. The van der Waals surface area contributed by atoms with E-state index >= 15 is 0 Å². The van der Waals surface area contributed by atoms with E-state index in [1.54, 1.807) is 17.6 Å². The lowest BCUT2D eigenvalue weighted by Gasteiger charge is -2.15. The molecule has 0 saturated heterocycles. The molecule has 3 nitrogen and oxygen atoms in total. The number of aromatic nitrogens is 1. The minimum Gasteiger partial charge on any atom is -0.469 e. The molecule has 0 aliphatic rings. The van der Waals surface area contributed by atoms with Gasteiger partial charge in [-0.3, -0.25) is 0 Å². The molecule has 4 heteroatoms. The van der Waals surface area contributed by atoms with E-state index in [4.69, 9.17) is 4.42 Å². The van der Waals surface area contributed by atoms with Crippen LogP contribution in [0.3, 0.4) is 0 Å². The molecule has 0 aliphatic heterocycles. The molecule has 1 N–H and O–H groups in total. The fourth-order valence-corrected chi connectivity index (χ4v) is 3.08. The average molecular weight is 264 g/mol. The van der Waals surface area contributed by atoms with E-state index in [0.29, 0.717) is 6.04 Å². The normalized spacial score (nSPS) is 12.9. The topological polar surface area (TPSA) is 38.1 Å². The molecule has 0 saturated carbocycles. The minimum atomic E-state index is 0.290. The third-order valence-electron chi connectivity index (χ3n) is 3.18. The van der Waals surface area contributed by atoms with Crippen molar-refractivity contribution in [2.24, 2.45) is 0 Å². The standard InChI is InChI=1S/C14H20N2OS/c1-5-15-13(12-6-7-17-10(12)3)8-14-16-9(2)11(4)18-14/h6-7,13,15H,5,8H2,1-4H3. The van der Waals surface area contributed by atoms with Gasteiger partial charge in [-0.2, -0.15) is 0 Å². The van der Waals surface area contributed by atoms with Crippen molar-refractivity contribution in [2.75, 3.05) is 6.54 Å². The van der Waals surface area contributed by atoms with Crippen molar-refractivity contribution in [3.8, 4) is 0 Å². The van der Waals surface area contributed by atoms with Gasteiger partial charge >= 0.3 is 0 Å². The van der Waals surface area contributed by atoms with Gasteiger partial charge in [0.05, 0.1) is 17.0 Å². The molecular formula is C14H20N2OS. The third kappa shape index (κ3) is 2.82. The first-order valence-corrected chi connectivity index (χ1v) is 7.13. The third-order valence-corrected chi connectivity index (χ3v) is 4.27. The van der Waals surface area contributed by atoms with Crippen molar-refractivity contribution in [2.45, 2.75) is 40.2 Å². The van der Waals surface area contributed by atoms with Crippen molar-refractivity contribution < 1.29 is 4.42 Å². The number of furan rings is 1. The molecule has 0 spiro atoms. The number of nitrogens with zero attached hydrogens (tertiary/aromatic N) is 1. The summed E-state index contributed by atoms with van der Waals surface area (Å²) in [7, 11) is 0. The molecular weight excluding hydrogens is 244 g/mol. The Kier molecular flexibility index (Phi) is 4.19. The highest BCUT2D eigenvalue weighted by Crippen LogP contribution is 2.25. The van der Waals surface area contributed by atoms with Gasteiger partial charge in [-0.05, 0) is 33.4 Å². The highest BCUT2D eigenvalue weighted by Gasteiger charge is 2.17. The van der Waals surface area contributed by atoms with Crippen LogP contribution < -0.4 is 5.32 Å². The van der Waals surface area contributed by atoms with Gasteiger partial charge in [0.15, 0.2) is 0 Å². The first-order chi connectivity index (χ1) is 8.61. The Hall–Kier alpha value is -1.13. The van der Waals surface area contributed by atoms with Gasteiger partial charge in [0, 0.05) is 22.9 Å². The maximum atomic E-state index is 5.40. The van der Waals surface area contributed by atoms with Gasteiger partial charge in [0.2, 0.25) is 0 Å². The highest BCUT2D eigenvalue weighted by molar-refractivity contribution is 7.11. The molecule has 2 aromatic rings. The van der Waals surface area contributed by atoms with E-state index in [-0.39, 0.29) is 0 Å². The molecule has 0 aliphatic carbocycles. The van der Waals surface area contributed by atoms with Crippen LogP contribution in [0.2, 0.25) is 0 Å². The zero-order valence-corrected chi connectivity index (χ0v) is 12.2. The summed E-state index contributed by atoms with van der Waals surface area (Å²) in [6, 6.07) is 2.34. The summed E-state index contributed by atoms with van der Waals surface area (Å²) in [5.74, 6) is 0.992. The van der Waals surface area contributed by atoms with Crippen LogP contribution >= 0.6 is 11.3 Å².